The first kappa shape index (κ1) is 15.0. The van der Waals surface area contributed by atoms with Gasteiger partial charge in [-0.05, 0) is 30.4 Å². The Balaban J connectivity index is 1.86. The molecule has 1 aliphatic rings. The number of amides is 1. The molecule has 0 bridgehead atoms. The van der Waals surface area contributed by atoms with Crippen LogP contribution in [-0.4, -0.2) is 35.0 Å². The van der Waals surface area contributed by atoms with Crippen molar-refractivity contribution in [1.29, 1.82) is 0 Å². The number of hydrogen-bond donors (Lipinski definition) is 1. The molecule has 1 fully saturated rings. The van der Waals surface area contributed by atoms with Crippen LogP contribution < -0.4 is 0 Å². The number of carbonyl (C=O) groups excluding carboxylic acids is 1. The number of hydrogen-bond acceptors (Lipinski definition) is 2. The molecule has 0 spiro atoms. The molecule has 2 rings (SSSR count). The van der Waals surface area contributed by atoms with E-state index in [2.05, 4.69) is 15.9 Å². The smallest absolute Gasteiger partial charge is 0.303 e. The second-order valence-electron chi connectivity index (χ2n) is 5.19. The monoisotopic (exact) mass is 339 g/mol. The van der Waals surface area contributed by atoms with E-state index in [1.807, 2.05) is 29.2 Å². The van der Waals surface area contributed by atoms with Crippen LogP contribution in [0.3, 0.4) is 0 Å². The van der Waals surface area contributed by atoms with Gasteiger partial charge in [0, 0.05) is 24.0 Å². The van der Waals surface area contributed by atoms with Crippen LogP contribution in [0.1, 0.15) is 24.8 Å². The summed E-state index contributed by atoms with van der Waals surface area (Å²) in [7, 11) is 0. The SMILES string of the molecule is O=C(O)CC1CCN(C(=O)Cc2ccccc2Br)CC1. The Bertz CT molecular complexity index is 496. The maximum Gasteiger partial charge on any atom is 0.303 e. The number of carboxylic acids is 1. The Kier molecular flexibility index (Phi) is 5.17. The fraction of sp³-hybridized carbons (Fsp3) is 0.467. The Morgan fingerprint density at radius 2 is 1.90 bits per heavy atom. The highest BCUT2D eigenvalue weighted by Crippen LogP contribution is 2.22. The van der Waals surface area contributed by atoms with Crippen LogP contribution in [0.15, 0.2) is 28.7 Å². The van der Waals surface area contributed by atoms with E-state index < -0.39 is 5.97 Å². The number of likely N-dealkylation sites (tertiary alicyclic amines) is 1. The van der Waals surface area contributed by atoms with E-state index in [0.29, 0.717) is 19.5 Å². The molecule has 0 aliphatic carbocycles. The van der Waals surface area contributed by atoms with Gasteiger partial charge in [0.05, 0.1) is 6.42 Å². The van der Waals surface area contributed by atoms with Gasteiger partial charge in [-0.25, -0.2) is 0 Å². The highest BCUT2D eigenvalue weighted by molar-refractivity contribution is 9.10. The average Bonchev–Trinajstić information content (AvgIpc) is 2.41. The number of piperidine rings is 1. The first-order valence-corrected chi connectivity index (χ1v) is 7.58. The van der Waals surface area contributed by atoms with Crippen molar-refractivity contribution in [1.82, 2.24) is 4.90 Å². The van der Waals surface area contributed by atoms with Gasteiger partial charge >= 0.3 is 5.97 Å². The summed E-state index contributed by atoms with van der Waals surface area (Å²) in [4.78, 5) is 24.8. The highest BCUT2D eigenvalue weighted by atomic mass is 79.9. The summed E-state index contributed by atoms with van der Waals surface area (Å²) in [5.74, 6) is -0.423. The van der Waals surface area contributed by atoms with Crippen molar-refractivity contribution in [2.75, 3.05) is 13.1 Å². The van der Waals surface area contributed by atoms with E-state index in [1.54, 1.807) is 0 Å². The predicted molar refractivity (Wildman–Crippen MR) is 79.4 cm³/mol. The molecule has 1 aliphatic heterocycles. The fourth-order valence-corrected chi connectivity index (χ4v) is 2.97. The highest BCUT2D eigenvalue weighted by Gasteiger charge is 2.24. The number of nitrogens with zero attached hydrogens (tertiary/aromatic N) is 1. The minimum absolute atomic E-state index is 0.116. The van der Waals surface area contributed by atoms with Crippen LogP contribution in [0.4, 0.5) is 0 Å². The summed E-state index contributed by atoms with van der Waals surface area (Å²) >= 11 is 3.45. The maximum atomic E-state index is 12.2. The third kappa shape index (κ3) is 4.07. The van der Waals surface area contributed by atoms with Gasteiger partial charge in [0.2, 0.25) is 5.91 Å². The third-order valence-electron chi connectivity index (χ3n) is 3.73. The van der Waals surface area contributed by atoms with Crippen LogP contribution in [0.5, 0.6) is 0 Å². The molecule has 0 radical (unpaired) electrons. The number of aliphatic carboxylic acids is 1. The minimum Gasteiger partial charge on any atom is -0.481 e. The second-order valence-corrected chi connectivity index (χ2v) is 6.04. The van der Waals surface area contributed by atoms with Crippen molar-refractivity contribution >= 4 is 27.8 Å². The summed E-state index contributed by atoms with van der Waals surface area (Å²) < 4.78 is 0.953. The van der Waals surface area contributed by atoms with E-state index in [9.17, 15) is 9.59 Å². The molecule has 1 aromatic rings. The normalized spacial score (nSPS) is 16.1. The van der Waals surface area contributed by atoms with Gasteiger partial charge in [0.15, 0.2) is 0 Å². The van der Waals surface area contributed by atoms with Gasteiger partial charge in [-0.15, -0.1) is 0 Å². The largest absolute Gasteiger partial charge is 0.481 e. The molecule has 1 aromatic carbocycles. The van der Waals surface area contributed by atoms with Crippen molar-refractivity contribution < 1.29 is 14.7 Å². The first-order valence-electron chi connectivity index (χ1n) is 6.79. The number of carbonyl (C=O) groups is 2. The van der Waals surface area contributed by atoms with Crippen LogP contribution in [0.25, 0.3) is 0 Å². The molecule has 1 amide bonds. The molecular weight excluding hydrogens is 322 g/mol. The number of rotatable bonds is 4. The molecule has 1 heterocycles. The van der Waals surface area contributed by atoms with E-state index in [-0.39, 0.29) is 18.2 Å². The summed E-state index contributed by atoms with van der Waals surface area (Å²) in [6.07, 6.45) is 2.18. The number of carboxylic acid groups (broad SMARTS) is 1. The molecule has 4 nitrogen and oxygen atoms in total. The Morgan fingerprint density at radius 3 is 2.50 bits per heavy atom. The summed E-state index contributed by atoms with van der Waals surface area (Å²) in [5.41, 5.74) is 0.991. The third-order valence-corrected chi connectivity index (χ3v) is 4.50. The quantitative estimate of drug-likeness (QED) is 0.917. The second kappa shape index (κ2) is 6.88. The van der Waals surface area contributed by atoms with E-state index in [4.69, 9.17) is 5.11 Å². The average molecular weight is 340 g/mol. The molecule has 20 heavy (non-hydrogen) atoms. The van der Waals surface area contributed by atoms with E-state index in [0.717, 1.165) is 22.9 Å². The van der Waals surface area contributed by atoms with Crippen molar-refractivity contribution in [2.45, 2.75) is 25.7 Å². The van der Waals surface area contributed by atoms with Crippen molar-refractivity contribution in [3.8, 4) is 0 Å². The van der Waals surface area contributed by atoms with Gasteiger partial charge < -0.3 is 10.0 Å². The van der Waals surface area contributed by atoms with Gasteiger partial charge in [-0.2, -0.15) is 0 Å². The lowest BCUT2D eigenvalue weighted by molar-refractivity contribution is -0.138. The lowest BCUT2D eigenvalue weighted by Gasteiger charge is -2.31. The zero-order chi connectivity index (χ0) is 14.5. The van der Waals surface area contributed by atoms with Crippen LogP contribution in [0, 0.1) is 5.92 Å². The topological polar surface area (TPSA) is 57.6 Å². The van der Waals surface area contributed by atoms with Crippen molar-refractivity contribution in [3.63, 3.8) is 0 Å². The molecule has 1 N–H and O–H groups in total. The van der Waals surface area contributed by atoms with Crippen LogP contribution in [-0.2, 0) is 16.0 Å². The molecule has 108 valence electrons. The Morgan fingerprint density at radius 1 is 1.25 bits per heavy atom. The zero-order valence-electron chi connectivity index (χ0n) is 11.2. The molecule has 0 atom stereocenters. The summed E-state index contributed by atoms with van der Waals surface area (Å²) in [6, 6.07) is 7.72. The van der Waals surface area contributed by atoms with Gasteiger partial charge in [-0.1, -0.05) is 34.1 Å². The van der Waals surface area contributed by atoms with E-state index in [1.165, 1.54) is 0 Å². The number of halogens is 1. The minimum atomic E-state index is -0.747. The lowest BCUT2D eigenvalue weighted by Crippen LogP contribution is -2.39. The van der Waals surface area contributed by atoms with Crippen LogP contribution in [0.2, 0.25) is 0 Å². The van der Waals surface area contributed by atoms with Gasteiger partial charge in [0.1, 0.15) is 0 Å². The van der Waals surface area contributed by atoms with Gasteiger partial charge in [0.25, 0.3) is 0 Å². The molecule has 0 unspecified atom stereocenters. The fourth-order valence-electron chi connectivity index (χ4n) is 2.55. The maximum absolute atomic E-state index is 12.2. The molecule has 1 saturated heterocycles. The molecular formula is C15H18BrNO3. The molecule has 0 aromatic heterocycles. The number of benzene rings is 1. The van der Waals surface area contributed by atoms with E-state index >= 15 is 0 Å². The zero-order valence-corrected chi connectivity index (χ0v) is 12.8. The standard InChI is InChI=1S/C15H18BrNO3/c16-13-4-2-1-3-12(13)10-14(18)17-7-5-11(6-8-17)9-15(19)20/h1-4,11H,5-10H2,(H,19,20). The molecule has 5 heteroatoms. The van der Waals surface area contributed by atoms with Crippen molar-refractivity contribution in [2.24, 2.45) is 5.92 Å². The Hall–Kier alpha value is -1.36. The van der Waals surface area contributed by atoms with Crippen molar-refractivity contribution in [3.05, 3.63) is 34.3 Å². The predicted octanol–water partition coefficient (Wildman–Crippen LogP) is 2.70. The van der Waals surface area contributed by atoms with Crippen LogP contribution >= 0.6 is 15.9 Å². The lowest BCUT2D eigenvalue weighted by atomic mass is 9.93. The summed E-state index contributed by atoms with van der Waals surface area (Å²) in [6.45, 7) is 1.34. The van der Waals surface area contributed by atoms with Gasteiger partial charge in [-0.3, -0.25) is 9.59 Å². The molecule has 0 saturated carbocycles. The summed E-state index contributed by atoms with van der Waals surface area (Å²) in [5, 5.41) is 8.78. The first-order chi connectivity index (χ1) is 9.56. The Labute approximate surface area is 126 Å².